The molecule has 1 unspecified atom stereocenters. The van der Waals surface area contributed by atoms with Crippen LogP contribution in [0, 0.1) is 5.82 Å². The van der Waals surface area contributed by atoms with Crippen LogP contribution in [0.3, 0.4) is 0 Å². The predicted octanol–water partition coefficient (Wildman–Crippen LogP) is 2.81. The summed E-state index contributed by atoms with van der Waals surface area (Å²) in [4.78, 5) is 1.78. The second-order valence-corrected chi connectivity index (χ2v) is 4.60. The van der Waals surface area contributed by atoms with Gasteiger partial charge in [-0.1, -0.05) is 13.0 Å². The van der Waals surface area contributed by atoms with Crippen molar-refractivity contribution < 1.29 is 22.3 Å². The molecule has 0 amide bonds. The molecule has 7 heteroatoms. The van der Waals surface area contributed by atoms with Crippen LogP contribution in [-0.4, -0.2) is 38.3 Å². The van der Waals surface area contributed by atoms with E-state index in [1.807, 2.05) is 6.92 Å². The van der Waals surface area contributed by atoms with E-state index in [-0.39, 0.29) is 12.1 Å². The molecule has 0 bridgehead atoms. The zero-order valence-electron chi connectivity index (χ0n) is 12.1. The van der Waals surface area contributed by atoms with Crippen LogP contribution in [0.1, 0.15) is 24.1 Å². The van der Waals surface area contributed by atoms with E-state index < -0.39 is 23.6 Å². The SMILES string of the molecule is CCN(CCOC)C(CN)c1ccc(F)cc1C(F)(F)F. The molecule has 1 aromatic carbocycles. The predicted molar refractivity (Wildman–Crippen MR) is 72.3 cm³/mol. The standard InChI is InChI=1S/C14H20F4N2O/c1-3-20(6-7-21-2)13(9-19)11-5-4-10(15)8-12(11)14(16,17)18/h4-5,8,13H,3,6-7,9,19H2,1-2H3. The molecule has 1 aromatic rings. The molecule has 2 N–H and O–H groups in total. The third-order valence-electron chi connectivity index (χ3n) is 3.33. The van der Waals surface area contributed by atoms with Gasteiger partial charge in [-0.25, -0.2) is 4.39 Å². The van der Waals surface area contributed by atoms with Crippen molar-refractivity contribution in [2.24, 2.45) is 5.73 Å². The van der Waals surface area contributed by atoms with Gasteiger partial charge in [-0.15, -0.1) is 0 Å². The van der Waals surface area contributed by atoms with Gasteiger partial charge in [-0.3, -0.25) is 4.90 Å². The monoisotopic (exact) mass is 308 g/mol. The molecule has 0 aliphatic carbocycles. The number of likely N-dealkylation sites (N-methyl/N-ethyl adjacent to an activating group) is 1. The summed E-state index contributed by atoms with van der Waals surface area (Å²) in [6.45, 7) is 3.18. The summed E-state index contributed by atoms with van der Waals surface area (Å²) in [7, 11) is 1.52. The van der Waals surface area contributed by atoms with E-state index in [2.05, 4.69) is 0 Å². The van der Waals surface area contributed by atoms with Gasteiger partial charge in [0, 0.05) is 26.2 Å². The number of halogens is 4. The molecule has 0 radical (unpaired) electrons. The Labute approximate surface area is 121 Å². The summed E-state index contributed by atoms with van der Waals surface area (Å²) < 4.78 is 57.4. The molecule has 0 aromatic heterocycles. The molecule has 1 rings (SSSR count). The fourth-order valence-electron chi connectivity index (χ4n) is 2.28. The summed E-state index contributed by atoms with van der Waals surface area (Å²) in [5.74, 6) is -0.915. The van der Waals surface area contributed by atoms with E-state index in [1.54, 1.807) is 4.90 Å². The molecule has 0 spiro atoms. The number of hydrogen-bond donors (Lipinski definition) is 1. The van der Waals surface area contributed by atoms with Gasteiger partial charge in [0.25, 0.3) is 0 Å². The van der Waals surface area contributed by atoms with Gasteiger partial charge in [-0.05, 0) is 24.2 Å². The van der Waals surface area contributed by atoms with Gasteiger partial charge >= 0.3 is 6.18 Å². The van der Waals surface area contributed by atoms with Gasteiger partial charge in [0.15, 0.2) is 0 Å². The summed E-state index contributed by atoms with van der Waals surface area (Å²) in [6, 6.07) is 2.06. The smallest absolute Gasteiger partial charge is 0.383 e. The lowest BCUT2D eigenvalue weighted by atomic mass is 9.98. The molecule has 0 aliphatic rings. The van der Waals surface area contributed by atoms with Crippen LogP contribution in [0.2, 0.25) is 0 Å². The topological polar surface area (TPSA) is 38.5 Å². The maximum atomic E-state index is 13.2. The Morgan fingerprint density at radius 3 is 2.48 bits per heavy atom. The maximum absolute atomic E-state index is 13.2. The van der Waals surface area contributed by atoms with Crippen molar-refractivity contribution in [1.29, 1.82) is 0 Å². The molecule has 0 heterocycles. The van der Waals surface area contributed by atoms with Crippen molar-refractivity contribution in [2.75, 3.05) is 33.4 Å². The van der Waals surface area contributed by atoms with Crippen LogP contribution in [0.15, 0.2) is 18.2 Å². The maximum Gasteiger partial charge on any atom is 0.416 e. The number of hydrogen-bond acceptors (Lipinski definition) is 3. The first-order chi connectivity index (χ1) is 9.85. The Bertz CT molecular complexity index is 451. The fourth-order valence-corrected chi connectivity index (χ4v) is 2.28. The van der Waals surface area contributed by atoms with Crippen molar-refractivity contribution in [2.45, 2.75) is 19.1 Å². The van der Waals surface area contributed by atoms with E-state index in [4.69, 9.17) is 10.5 Å². The number of benzene rings is 1. The zero-order chi connectivity index (χ0) is 16.0. The molecular weight excluding hydrogens is 288 g/mol. The summed E-state index contributed by atoms with van der Waals surface area (Å²) in [5.41, 5.74) is 4.67. The first-order valence-corrected chi connectivity index (χ1v) is 6.64. The summed E-state index contributed by atoms with van der Waals surface area (Å²) in [6.07, 6.45) is -4.62. The highest BCUT2D eigenvalue weighted by molar-refractivity contribution is 5.33. The van der Waals surface area contributed by atoms with Crippen molar-refractivity contribution in [3.8, 4) is 0 Å². The van der Waals surface area contributed by atoms with Crippen molar-refractivity contribution in [1.82, 2.24) is 4.90 Å². The minimum Gasteiger partial charge on any atom is -0.383 e. The molecule has 0 saturated heterocycles. The number of nitrogens with two attached hydrogens (primary N) is 1. The van der Waals surface area contributed by atoms with Crippen LogP contribution in [0.25, 0.3) is 0 Å². The molecule has 0 saturated carbocycles. The van der Waals surface area contributed by atoms with E-state index in [1.165, 1.54) is 7.11 Å². The minimum atomic E-state index is -4.62. The van der Waals surface area contributed by atoms with Crippen molar-refractivity contribution in [3.05, 3.63) is 35.1 Å². The van der Waals surface area contributed by atoms with Gasteiger partial charge < -0.3 is 10.5 Å². The van der Waals surface area contributed by atoms with Gasteiger partial charge in [0.1, 0.15) is 5.82 Å². The normalized spacial score (nSPS) is 13.7. The molecule has 21 heavy (non-hydrogen) atoms. The average molecular weight is 308 g/mol. The fraction of sp³-hybridized carbons (Fsp3) is 0.571. The van der Waals surface area contributed by atoms with Crippen LogP contribution >= 0.6 is 0 Å². The first kappa shape index (κ1) is 17.9. The van der Waals surface area contributed by atoms with E-state index in [0.717, 1.165) is 12.1 Å². The number of rotatable bonds is 7. The molecule has 120 valence electrons. The van der Waals surface area contributed by atoms with E-state index in [0.29, 0.717) is 25.8 Å². The molecule has 1 atom stereocenters. The first-order valence-electron chi connectivity index (χ1n) is 6.64. The number of nitrogens with zero attached hydrogens (tertiary/aromatic N) is 1. The van der Waals surface area contributed by atoms with Crippen LogP contribution in [0.5, 0.6) is 0 Å². The lowest BCUT2D eigenvalue weighted by molar-refractivity contribution is -0.139. The zero-order valence-corrected chi connectivity index (χ0v) is 12.1. The molecule has 3 nitrogen and oxygen atoms in total. The number of methoxy groups -OCH3 is 1. The Kier molecular flexibility index (Phi) is 6.57. The Hall–Kier alpha value is -1.18. The van der Waals surface area contributed by atoms with Crippen LogP contribution < -0.4 is 5.73 Å². The molecular formula is C14H20F4N2O. The quantitative estimate of drug-likeness (QED) is 0.787. The molecule has 0 fully saturated rings. The van der Waals surface area contributed by atoms with Gasteiger partial charge in [0.2, 0.25) is 0 Å². The van der Waals surface area contributed by atoms with E-state index in [9.17, 15) is 17.6 Å². The van der Waals surface area contributed by atoms with Crippen LogP contribution in [-0.2, 0) is 10.9 Å². The highest BCUT2D eigenvalue weighted by Gasteiger charge is 2.36. The Morgan fingerprint density at radius 2 is 2.00 bits per heavy atom. The van der Waals surface area contributed by atoms with Gasteiger partial charge in [0.05, 0.1) is 12.2 Å². The minimum absolute atomic E-state index is 0.00622. The van der Waals surface area contributed by atoms with Crippen molar-refractivity contribution >= 4 is 0 Å². The number of alkyl halides is 3. The lowest BCUT2D eigenvalue weighted by Gasteiger charge is -2.31. The largest absolute Gasteiger partial charge is 0.416 e. The highest BCUT2D eigenvalue weighted by Crippen LogP contribution is 2.36. The molecule has 0 aliphatic heterocycles. The van der Waals surface area contributed by atoms with E-state index >= 15 is 0 Å². The summed E-state index contributed by atoms with van der Waals surface area (Å²) in [5, 5.41) is 0. The van der Waals surface area contributed by atoms with Crippen molar-refractivity contribution in [3.63, 3.8) is 0 Å². The third kappa shape index (κ3) is 4.66. The van der Waals surface area contributed by atoms with Crippen LogP contribution in [0.4, 0.5) is 17.6 Å². The highest BCUT2D eigenvalue weighted by atomic mass is 19.4. The van der Waals surface area contributed by atoms with Gasteiger partial charge in [-0.2, -0.15) is 13.2 Å². The summed E-state index contributed by atoms with van der Waals surface area (Å²) >= 11 is 0. The third-order valence-corrected chi connectivity index (χ3v) is 3.33. The second kappa shape index (κ2) is 7.72. The second-order valence-electron chi connectivity index (χ2n) is 4.60. The number of ether oxygens (including phenoxy) is 1. The average Bonchev–Trinajstić information content (AvgIpc) is 2.43. The Morgan fingerprint density at radius 1 is 1.33 bits per heavy atom. The lowest BCUT2D eigenvalue weighted by Crippen LogP contribution is -2.37. The Balaban J connectivity index is 3.21.